The van der Waals surface area contributed by atoms with Gasteiger partial charge >= 0.3 is 0 Å². The number of para-hydroxylation sites is 1. The van der Waals surface area contributed by atoms with Gasteiger partial charge in [0, 0.05) is 0 Å². The van der Waals surface area contributed by atoms with E-state index in [4.69, 9.17) is 4.74 Å². The molecule has 1 amide bonds. The van der Waals surface area contributed by atoms with Crippen molar-refractivity contribution in [2.24, 2.45) is 5.10 Å². The molecule has 0 spiro atoms. The number of carbonyl (C=O) groups is 1. The number of phenolic OH excluding ortho intramolecular Hbond substituents is 1. The number of benzene rings is 2. The Morgan fingerprint density at radius 3 is 2.55 bits per heavy atom. The number of halogens is 2. The van der Waals surface area contributed by atoms with Crippen molar-refractivity contribution in [3.8, 4) is 11.5 Å². The zero-order valence-electron chi connectivity index (χ0n) is 11.5. The maximum Gasteiger partial charge on any atom is 0.275 e. The second kappa shape index (κ2) is 7.77. The average Bonchev–Trinajstić information content (AvgIpc) is 2.52. The van der Waals surface area contributed by atoms with Crippen LogP contribution in [-0.2, 0) is 0 Å². The molecule has 0 saturated heterocycles. The molecule has 114 valence electrons. The van der Waals surface area contributed by atoms with Gasteiger partial charge in [0.05, 0.1) is 26.0 Å². The van der Waals surface area contributed by atoms with Crippen LogP contribution in [0.2, 0.25) is 0 Å². The summed E-state index contributed by atoms with van der Waals surface area (Å²) in [5, 5.41) is 13.6. The molecule has 5 nitrogen and oxygen atoms in total. The number of hydrogen-bond acceptors (Lipinski definition) is 4. The molecule has 0 aromatic heterocycles. The van der Waals surface area contributed by atoms with Gasteiger partial charge in [-0.3, -0.25) is 4.79 Å². The lowest BCUT2D eigenvalue weighted by Crippen LogP contribution is -2.18. The smallest absolute Gasteiger partial charge is 0.275 e. The zero-order chi connectivity index (χ0) is 16.1. The van der Waals surface area contributed by atoms with Crippen molar-refractivity contribution in [2.45, 2.75) is 0 Å². The molecule has 0 unspecified atom stereocenters. The van der Waals surface area contributed by atoms with Gasteiger partial charge in [-0.05, 0) is 75.0 Å². The predicted molar refractivity (Wildman–Crippen MR) is 102 cm³/mol. The van der Waals surface area contributed by atoms with E-state index in [2.05, 4.69) is 10.5 Å². The van der Waals surface area contributed by atoms with Crippen LogP contribution in [0.4, 0.5) is 0 Å². The minimum Gasteiger partial charge on any atom is -0.506 e. The van der Waals surface area contributed by atoms with Gasteiger partial charge in [0.25, 0.3) is 5.91 Å². The first kappa shape index (κ1) is 17.0. The summed E-state index contributed by atoms with van der Waals surface area (Å²) >= 11 is 4.08. The molecule has 2 N–H and O–H groups in total. The normalized spacial score (nSPS) is 10.7. The van der Waals surface area contributed by atoms with E-state index >= 15 is 0 Å². The molecule has 0 aliphatic heterocycles. The predicted octanol–water partition coefficient (Wildman–Crippen LogP) is 3.37. The number of hydrogen-bond donors (Lipinski definition) is 2. The molecule has 22 heavy (non-hydrogen) atoms. The Hall–Kier alpha value is -1.36. The monoisotopic (exact) mass is 522 g/mol. The molecule has 2 aromatic carbocycles. The molecular weight excluding hydrogens is 510 g/mol. The SMILES string of the molecule is COc1ccccc1C(=O)N/N=C\c1cc(I)c(O)c(I)c1. The van der Waals surface area contributed by atoms with Crippen LogP contribution in [0.5, 0.6) is 11.5 Å². The number of amides is 1. The third kappa shape index (κ3) is 4.09. The van der Waals surface area contributed by atoms with Crippen LogP contribution in [-0.4, -0.2) is 24.3 Å². The van der Waals surface area contributed by atoms with Gasteiger partial charge in [0.15, 0.2) is 0 Å². The lowest BCUT2D eigenvalue weighted by atomic mass is 10.2. The number of hydrazone groups is 1. The highest BCUT2D eigenvalue weighted by atomic mass is 127. The van der Waals surface area contributed by atoms with Crippen LogP contribution in [0.25, 0.3) is 0 Å². The minimum atomic E-state index is -0.350. The van der Waals surface area contributed by atoms with Crippen molar-refractivity contribution < 1.29 is 14.6 Å². The van der Waals surface area contributed by atoms with Crippen LogP contribution >= 0.6 is 45.2 Å². The molecule has 0 atom stereocenters. The number of nitrogens with one attached hydrogen (secondary N) is 1. The van der Waals surface area contributed by atoms with Crippen LogP contribution in [0.3, 0.4) is 0 Å². The number of ether oxygens (including phenoxy) is 1. The molecule has 0 aliphatic carbocycles. The van der Waals surface area contributed by atoms with E-state index in [9.17, 15) is 9.90 Å². The quantitative estimate of drug-likeness (QED) is 0.368. The molecular formula is C15H12I2N2O3. The summed E-state index contributed by atoms with van der Waals surface area (Å²) in [6.45, 7) is 0. The molecule has 0 radical (unpaired) electrons. The van der Waals surface area contributed by atoms with Crippen LogP contribution < -0.4 is 10.2 Å². The van der Waals surface area contributed by atoms with Crippen LogP contribution in [0.1, 0.15) is 15.9 Å². The third-order valence-electron chi connectivity index (χ3n) is 2.77. The number of rotatable bonds is 4. The van der Waals surface area contributed by atoms with Gasteiger partial charge in [-0.25, -0.2) is 5.43 Å². The largest absolute Gasteiger partial charge is 0.506 e. The van der Waals surface area contributed by atoms with E-state index in [1.165, 1.54) is 13.3 Å². The third-order valence-corrected chi connectivity index (χ3v) is 4.42. The molecule has 2 rings (SSSR count). The number of aromatic hydroxyl groups is 1. The van der Waals surface area contributed by atoms with Gasteiger partial charge in [0.2, 0.25) is 0 Å². The Bertz CT molecular complexity index is 709. The van der Waals surface area contributed by atoms with Crippen molar-refractivity contribution in [1.29, 1.82) is 0 Å². The Labute approximate surface area is 155 Å². The molecule has 0 fully saturated rings. The standard InChI is InChI=1S/C15H12I2N2O3/c1-22-13-5-3-2-4-10(13)15(21)19-18-8-9-6-11(16)14(20)12(17)7-9/h2-8,20H,1H3,(H,19,21)/b18-8-. The summed E-state index contributed by atoms with van der Waals surface area (Å²) in [6, 6.07) is 10.5. The van der Waals surface area contributed by atoms with Gasteiger partial charge in [0.1, 0.15) is 11.5 Å². The number of nitrogens with zero attached hydrogens (tertiary/aromatic N) is 1. The first-order valence-electron chi connectivity index (χ1n) is 6.17. The van der Waals surface area contributed by atoms with E-state index in [-0.39, 0.29) is 11.7 Å². The Morgan fingerprint density at radius 1 is 1.27 bits per heavy atom. The molecule has 7 heteroatoms. The van der Waals surface area contributed by atoms with Crippen molar-refractivity contribution in [1.82, 2.24) is 5.43 Å². The second-order valence-electron chi connectivity index (χ2n) is 4.23. The highest BCUT2D eigenvalue weighted by Crippen LogP contribution is 2.26. The van der Waals surface area contributed by atoms with Crippen molar-refractivity contribution in [2.75, 3.05) is 7.11 Å². The fourth-order valence-electron chi connectivity index (χ4n) is 1.72. The molecule has 0 aliphatic rings. The van der Waals surface area contributed by atoms with Crippen LogP contribution in [0, 0.1) is 7.14 Å². The molecule has 0 bridgehead atoms. The van der Waals surface area contributed by atoms with E-state index in [0.29, 0.717) is 11.3 Å². The Balaban J connectivity index is 2.11. The highest BCUT2D eigenvalue weighted by molar-refractivity contribution is 14.1. The molecule has 0 heterocycles. The van der Waals surface area contributed by atoms with E-state index in [1.807, 2.05) is 45.2 Å². The first-order chi connectivity index (χ1) is 10.5. The average molecular weight is 522 g/mol. The summed E-state index contributed by atoms with van der Waals surface area (Å²) in [7, 11) is 1.51. The van der Waals surface area contributed by atoms with Gasteiger partial charge in [-0.15, -0.1) is 0 Å². The molecule has 2 aromatic rings. The summed E-state index contributed by atoms with van der Waals surface area (Å²) in [6.07, 6.45) is 1.52. The van der Waals surface area contributed by atoms with Gasteiger partial charge < -0.3 is 9.84 Å². The number of carbonyl (C=O) groups excluding carboxylic acids is 1. The van der Waals surface area contributed by atoms with Crippen molar-refractivity contribution >= 4 is 57.3 Å². The van der Waals surface area contributed by atoms with Crippen LogP contribution in [0.15, 0.2) is 41.5 Å². The van der Waals surface area contributed by atoms with E-state index in [0.717, 1.165) is 12.7 Å². The molecule has 0 saturated carbocycles. The Morgan fingerprint density at radius 2 is 1.91 bits per heavy atom. The van der Waals surface area contributed by atoms with Gasteiger partial charge in [-0.1, -0.05) is 12.1 Å². The summed E-state index contributed by atoms with van der Waals surface area (Å²) < 4.78 is 6.58. The zero-order valence-corrected chi connectivity index (χ0v) is 15.8. The highest BCUT2D eigenvalue weighted by Gasteiger charge is 2.10. The minimum absolute atomic E-state index is 0.247. The van der Waals surface area contributed by atoms with Gasteiger partial charge in [-0.2, -0.15) is 5.10 Å². The summed E-state index contributed by atoms with van der Waals surface area (Å²) in [5.41, 5.74) is 3.66. The van der Waals surface area contributed by atoms with Crippen molar-refractivity contribution in [3.05, 3.63) is 54.7 Å². The van der Waals surface area contributed by atoms with E-state index < -0.39 is 0 Å². The lowest BCUT2D eigenvalue weighted by Gasteiger charge is -2.06. The fraction of sp³-hybridized carbons (Fsp3) is 0.0667. The lowest BCUT2D eigenvalue weighted by molar-refractivity contribution is 0.0952. The maximum atomic E-state index is 12.1. The maximum absolute atomic E-state index is 12.1. The first-order valence-corrected chi connectivity index (χ1v) is 8.33. The fourth-order valence-corrected chi connectivity index (χ4v) is 3.53. The van der Waals surface area contributed by atoms with E-state index in [1.54, 1.807) is 36.4 Å². The Kier molecular flexibility index (Phi) is 6.00. The topological polar surface area (TPSA) is 70.9 Å². The number of phenols is 1. The summed E-state index contributed by atoms with van der Waals surface area (Å²) in [5.74, 6) is 0.386. The second-order valence-corrected chi connectivity index (χ2v) is 6.56. The number of methoxy groups -OCH3 is 1. The summed E-state index contributed by atoms with van der Waals surface area (Å²) in [4.78, 5) is 12.1. The van der Waals surface area contributed by atoms with Crippen molar-refractivity contribution in [3.63, 3.8) is 0 Å².